The van der Waals surface area contributed by atoms with E-state index in [1.54, 1.807) is 0 Å². The van der Waals surface area contributed by atoms with Gasteiger partial charge < -0.3 is 18.9 Å². The Balaban J connectivity index is 1.40. The summed E-state index contributed by atoms with van der Waals surface area (Å²) in [4.78, 5) is 0. The van der Waals surface area contributed by atoms with Gasteiger partial charge in [-0.3, -0.25) is 0 Å². The summed E-state index contributed by atoms with van der Waals surface area (Å²) in [5.41, 5.74) is 0.190. The lowest BCUT2D eigenvalue weighted by Gasteiger charge is -2.55. The average molecular weight is 480 g/mol. The van der Waals surface area contributed by atoms with E-state index in [9.17, 15) is 26.3 Å². The van der Waals surface area contributed by atoms with Gasteiger partial charge in [0, 0.05) is 11.3 Å². The molecular weight excluding hydrogens is 454 g/mol. The maximum Gasteiger partial charge on any atom is 0.425 e. The van der Waals surface area contributed by atoms with Crippen LogP contribution in [0.4, 0.5) is 26.3 Å². The van der Waals surface area contributed by atoms with Crippen molar-refractivity contribution >= 4 is 0 Å². The zero-order chi connectivity index (χ0) is 23.9. The summed E-state index contributed by atoms with van der Waals surface area (Å²) >= 11 is 0. The molecule has 1 aromatic carbocycles. The lowest BCUT2D eigenvalue weighted by atomic mass is 9.76. The average Bonchev–Trinajstić information content (AvgIpc) is 2.77. The van der Waals surface area contributed by atoms with E-state index in [2.05, 4.69) is 11.7 Å². The van der Waals surface area contributed by atoms with Crippen molar-refractivity contribution in [3.8, 4) is 5.75 Å². The molecule has 4 nitrogen and oxygen atoms in total. The smallest absolute Gasteiger partial charge is 0.423 e. The summed E-state index contributed by atoms with van der Waals surface area (Å²) in [6.45, 7) is 3.82. The minimum atomic E-state index is -4.55. The fourth-order valence-electron chi connectivity index (χ4n) is 5.10. The quantitative estimate of drug-likeness (QED) is 0.417. The van der Waals surface area contributed by atoms with Gasteiger partial charge >= 0.3 is 6.11 Å². The number of alkyl halides is 2. The first-order valence-corrected chi connectivity index (χ1v) is 11.1. The van der Waals surface area contributed by atoms with E-state index >= 15 is 0 Å². The predicted molar refractivity (Wildman–Crippen MR) is 105 cm³/mol. The van der Waals surface area contributed by atoms with Crippen molar-refractivity contribution in [1.82, 2.24) is 0 Å². The van der Waals surface area contributed by atoms with Crippen LogP contribution in [0, 0.1) is 23.0 Å². The van der Waals surface area contributed by atoms with E-state index in [1.165, 1.54) is 0 Å². The highest BCUT2D eigenvalue weighted by Crippen LogP contribution is 2.50. The molecule has 10 heteroatoms. The first-order chi connectivity index (χ1) is 15.6. The molecule has 0 spiro atoms. The van der Waals surface area contributed by atoms with Crippen LogP contribution in [-0.2, 0) is 14.2 Å². The highest BCUT2D eigenvalue weighted by Gasteiger charge is 2.56. The molecule has 0 atom stereocenters. The Hall–Kier alpha value is -1.78. The molecule has 3 heterocycles. The van der Waals surface area contributed by atoms with Crippen LogP contribution in [0.15, 0.2) is 24.3 Å². The molecule has 0 radical (unpaired) electrons. The summed E-state index contributed by atoms with van der Waals surface area (Å²) in [5.74, 6) is -5.49. The van der Waals surface area contributed by atoms with Crippen LogP contribution >= 0.6 is 0 Å². The third-order valence-electron chi connectivity index (χ3n) is 6.75. The SMILES string of the molecule is CCCC12COC(C3CCC(c4cc(F)c(OC(F)(F)C=C(F)F)c(F)c4)CC3)(OC1)OC2. The summed E-state index contributed by atoms with van der Waals surface area (Å²) in [6, 6.07) is 1.83. The third kappa shape index (κ3) is 5.02. The fourth-order valence-corrected chi connectivity index (χ4v) is 5.10. The van der Waals surface area contributed by atoms with Gasteiger partial charge in [-0.15, -0.1) is 0 Å². The third-order valence-corrected chi connectivity index (χ3v) is 6.75. The van der Waals surface area contributed by atoms with Crippen LogP contribution < -0.4 is 4.74 Å². The summed E-state index contributed by atoms with van der Waals surface area (Å²) < 4.78 is 102. The van der Waals surface area contributed by atoms with E-state index in [1.807, 2.05) is 0 Å². The fraction of sp³-hybridized carbons (Fsp3) is 0.652. The standard InChI is InChI=1S/C23H26F6O4/c1-2-7-21-11-30-23(31-12-21,32-13-21)16-5-3-14(4-6-16)15-8-17(24)20(18(25)9-15)33-22(28,29)10-19(26)27/h8-10,14,16H,2-7,11-13H2,1H3. The van der Waals surface area contributed by atoms with Gasteiger partial charge in [-0.05, 0) is 55.7 Å². The lowest BCUT2D eigenvalue weighted by molar-refractivity contribution is -0.488. The summed E-state index contributed by atoms with van der Waals surface area (Å²) in [7, 11) is 0. The molecule has 3 aliphatic heterocycles. The van der Waals surface area contributed by atoms with Gasteiger partial charge in [-0.25, -0.2) is 8.78 Å². The Morgan fingerprint density at radius 2 is 1.58 bits per heavy atom. The number of halogens is 6. The van der Waals surface area contributed by atoms with Crippen LogP contribution in [0.5, 0.6) is 5.75 Å². The molecule has 4 fully saturated rings. The van der Waals surface area contributed by atoms with E-state index in [-0.39, 0.29) is 17.3 Å². The van der Waals surface area contributed by atoms with Crippen molar-refractivity contribution in [2.75, 3.05) is 19.8 Å². The van der Waals surface area contributed by atoms with Crippen LogP contribution in [0.2, 0.25) is 0 Å². The summed E-state index contributed by atoms with van der Waals surface area (Å²) in [5, 5.41) is 0. The van der Waals surface area contributed by atoms with Gasteiger partial charge in [0.2, 0.25) is 0 Å². The van der Waals surface area contributed by atoms with Crippen molar-refractivity contribution in [3.63, 3.8) is 0 Å². The van der Waals surface area contributed by atoms with Crippen LogP contribution in [-0.4, -0.2) is 31.9 Å². The molecule has 1 aromatic rings. The van der Waals surface area contributed by atoms with Gasteiger partial charge in [-0.1, -0.05) is 13.3 Å². The van der Waals surface area contributed by atoms with E-state index < -0.39 is 41.6 Å². The molecule has 1 saturated carbocycles. The number of benzene rings is 1. The topological polar surface area (TPSA) is 36.9 Å². The maximum atomic E-state index is 14.4. The highest BCUT2D eigenvalue weighted by molar-refractivity contribution is 5.34. The largest absolute Gasteiger partial charge is 0.425 e. The van der Waals surface area contributed by atoms with Crippen LogP contribution in [0.3, 0.4) is 0 Å². The predicted octanol–water partition coefficient (Wildman–Crippen LogP) is 6.51. The Kier molecular flexibility index (Phi) is 6.72. The summed E-state index contributed by atoms with van der Waals surface area (Å²) in [6.07, 6.45) is -3.73. The number of rotatable bonds is 7. The monoisotopic (exact) mass is 480 g/mol. The van der Waals surface area contributed by atoms with Gasteiger partial charge in [0.15, 0.2) is 17.4 Å². The molecule has 5 rings (SSSR count). The number of hydrogen-bond donors (Lipinski definition) is 0. The van der Waals surface area contributed by atoms with Gasteiger partial charge in [0.25, 0.3) is 12.1 Å². The molecule has 33 heavy (non-hydrogen) atoms. The number of ether oxygens (including phenoxy) is 4. The maximum absolute atomic E-state index is 14.4. The molecule has 0 unspecified atom stereocenters. The molecular formula is C23H26F6O4. The zero-order valence-corrected chi connectivity index (χ0v) is 18.2. The van der Waals surface area contributed by atoms with Crippen molar-refractivity contribution < 1.29 is 45.3 Å². The Morgan fingerprint density at radius 3 is 2.06 bits per heavy atom. The molecule has 4 aliphatic rings. The second kappa shape index (κ2) is 9.11. The Bertz CT molecular complexity index is 845. The number of hydrogen-bond acceptors (Lipinski definition) is 4. The van der Waals surface area contributed by atoms with E-state index in [0.717, 1.165) is 25.0 Å². The lowest BCUT2D eigenvalue weighted by Crippen LogP contribution is -2.63. The van der Waals surface area contributed by atoms with E-state index in [4.69, 9.17) is 14.2 Å². The zero-order valence-electron chi connectivity index (χ0n) is 18.2. The van der Waals surface area contributed by atoms with E-state index in [0.29, 0.717) is 51.1 Å². The van der Waals surface area contributed by atoms with Gasteiger partial charge in [-0.2, -0.15) is 17.6 Å². The van der Waals surface area contributed by atoms with Crippen molar-refractivity contribution in [1.29, 1.82) is 0 Å². The first kappa shape index (κ1) is 24.3. The molecule has 0 N–H and O–H groups in total. The minimum absolute atomic E-state index is 0.0351. The van der Waals surface area contributed by atoms with Crippen molar-refractivity contribution in [2.24, 2.45) is 11.3 Å². The first-order valence-electron chi connectivity index (χ1n) is 11.1. The number of fused-ring (bicyclic) bond motifs is 3. The molecule has 2 bridgehead atoms. The molecule has 184 valence electrons. The normalized spacial score (nSPS) is 32.0. The van der Waals surface area contributed by atoms with Crippen molar-refractivity contribution in [3.05, 3.63) is 41.5 Å². The minimum Gasteiger partial charge on any atom is -0.423 e. The van der Waals surface area contributed by atoms with Gasteiger partial charge in [0.05, 0.1) is 25.9 Å². The molecule has 0 amide bonds. The Morgan fingerprint density at radius 1 is 1.03 bits per heavy atom. The molecule has 3 saturated heterocycles. The second-order valence-corrected chi connectivity index (χ2v) is 9.18. The van der Waals surface area contributed by atoms with Crippen LogP contribution in [0.25, 0.3) is 0 Å². The van der Waals surface area contributed by atoms with Gasteiger partial charge in [0.1, 0.15) is 0 Å². The second-order valence-electron chi connectivity index (χ2n) is 9.18. The molecule has 1 aliphatic carbocycles. The Labute approximate surface area is 187 Å². The highest BCUT2D eigenvalue weighted by atomic mass is 19.3. The van der Waals surface area contributed by atoms with Crippen molar-refractivity contribution in [2.45, 2.75) is 63.4 Å². The van der Waals surface area contributed by atoms with Crippen LogP contribution in [0.1, 0.15) is 56.9 Å². The molecule has 0 aromatic heterocycles.